The monoisotopic (exact) mass is 345 g/mol. The van der Waals surface area contributed by atoms with Crippen molar-refractivity contribution in [1.82, 2.24) is 0 Å². The minimum atomic E-state index is -0.561. The summed E-state index contributed by atoms with van der Waals surface area (Å²) in [5, 5.41) is 3.21. The lowest BCUT2D eigenvalue weighted by Crippen LogP contribution is -2.14. The van der Waals surface area contributed by atoms with Gasteiger partial charge in [0.15, 0.2) is 5.05 Å². The van der Waals surface area contributed by atoms with Crippen LogP contribution in [0.1, 0.15) is 45.6 Å². The van der Waals surface area contributed by atoms with E-state index in [0.29, 0.717) is 23.5 Å². The van der Waals surface area contributed by atoms with Gasteiger partial charge < -0.3 is 10.1 Å². The summed E-state index contributed by atoms with van der Waals surface area (Å²) in [5.41, 5.74) is 0.743. The van der Waals surface area contributed by atoms with Gasteiger partial charge in [-0.15, -0.1) is 0 Å². The maximum atomic E-state index is 13.9. The molecule has 1 amide bonds. The van der Waals surface area contributed by atoms with Crippen molar-refractivity contribution in [1.29, 1.82) is 0 Å². The first-order valence-electron chi connectivity index (χ1n) is 7.30. The van der Waals surface area contributed by atoms with Gasteiger partial charge in [0.1, 0.15) is 5.82 Å². The summed E-state index contributed by atoms with van der Waals surface area (Å²) in [4.78, 5) is 11.7. The Hall–Kier alpha value is -1.20. The van der Waals surface area contributed by atoms with E-state index >= 15 is 0 Å². The second-order valence-corrected chi connectivity index (χ2v) is 6.15. The number of anilines is 1. The third-order valence-electron chi connectivity index (χ3n) is 2.87. The van der Waals surface area contributed by atoms with Gasteiger partial charge in [-0.25, -0.2) is 4.39 Å². The van der Waals surface area contributed by atoms with E-state index < -0.39 is 5.82 Å². The van der Waals surface area contributed by atoms with Crippen LogP contribution in [0.2, 0.25) is 5.02 Å². The average molecular weight is 346 g/mol. The largest absolute Gasteiger partial charge is 0.484 e. The Morgan fingerprint density at radius 1 is 1.45 bits per heavy atom. The van der Waals surface area contributed by atoms with Crippen molar-refractivity contribution in [2.75, 3.05) is 5.32 Å². The molecule has 0 saturated heterocycles. The number of amides is 1. The van der Waals surface area contributed by atoms with Crippen molar-refractivity contribution in [2.24, 2.45) is 0 Å². The summed E-state index contributed by atoms with van der Waals surface area (Å²) in [6, 6.07) is 2.70. The van der Waals surface area contributed by atoms with Crippen LogP contribution in [0.3, 0.4) is 0 Å². The number of thiocarbonyl (C=S) groups is 1. The molecule has 0 atom stereocenters. The van der Waals surface area contributed by atoms with Gasteiger partial charge >= 0.3 is 0 Å². The molecule has 0 spiro atoms. The molecule has 3 nitrogen and oxygen atoms in total. The second kappa shape index (κ2) is 9.06. The topological polar surface area (TPSA) is 38.3 Å². The highest BCUT2D eigenvalue weighted by molar-refractivity contribution is 7.80. The highest BCUT2D eigenvalue weighted by Gasteiger charge is 2.13. The summed E-state index contributed by atoms with van der Waals surface area (Å²) in [6.07, 6.45) is 2.30. The normalized spacial score (nSPS) is 10.6. The molecule has 6 heteroatoms. The Kier molecular flexibility index (Phi) is 7.76. The van der Waals surface area contributed by atoms with Gasteiger partial charge in [0.2, 0.25) is 5.91 Å². The Labute approximate surface area is 141 Å². The van der Waals surface area contributed by atoms with Gasteiger partial charge in [-0.2, -0.15) is 0 Å². The summed E-state index contributed by atoms with van der Waals surface area (Å²) in [7, 11) is 0. The molecule has 122 valence electrons. The van der Waals surface area contributed by atoms with Crippen molar-refractivity contribution in [3.05, 3.63) is 28.5 Å². The Balaban J connectivity index is 2.85. The molecule has 0 bridgehead atoms. The molecule has 0 saturated carbocycles. The zero-order chi connectivity index (χ0) is 16.7. The van der Waals surface area contributed by atoms with E-state index in [1.54, 1.807) is 0 Å². The van der Waals surface area contributed by atoms with Crippen molar-refractivity contribution in [2.45, 2.75) is 52.6 Å². The highest BCUT2D eigenvalue weighted by Crippen LogP contribution is 2.25. The Morgan fingerprint density at radius 3 is 2.73 bits per heavy atom. The van der Waals surface area contributed by atoms with Gasteiger partial charge in [-0.1, -0.05) is 24.9 Å². The molecule has 1 aromatic carbocycles. The summed E-state index contributed by atoms with van der Waals surface area (Å²) in [5.74, 6) is -0.774. The van der Waals surface area contributed by atoms with Crippen LogP contribution in [0.5, 0.6) is 0 Å². The van der Waals surface area contributed by atoms with Gasteiger partial charge in [0.25, 0.3) is 0 Å². The minimum Gasteiger partial charge on any atom is -0.484 e. The quantitative estimate of drug-likeness (QED) is 0.714. The van der Waals surface area contributed by atoms with Crippen LogP contribution in [0.15, 0.2) is 12.1 Å². The third-order valence-corrected chi connectivity index (χ3v) is 3.46. The maximum absolute atomic E-state index is 13.9. The Bertz CT molecular complexity index is 549. The van der Waals surface area contributed by atoms with Gasteiger partial charge in [-0.05, 0) is 50.2 Å². The van der Waals surface area contributed by atoms with Crippen LogP contribution < -0.4 is 5.32 Å². The van der Waals surface area contributed by atoms with E-state index in [9.17, 15) is 9.18 Å². The number of carbonyl (C=O) groups is 1. The Morgan fingerprint density at radius 2 is 2.14 bits per heavy atom. The van der Waals surface area contributed by atoms with Crippen LogP contribution in [0.25, 0.3) is 0 Å². The number of carbonyl (C=O) groups excluding carboxylic acids is 1. The SMILES string of the molecule is CCCCC(=O)Nc1cc(CC(=S)OC(C)C)c(Cl)cc1F. The average Bonchev–Trinajstić information content (AvgIpc) is 2.41. The van der Waals surface area contributed by atoms with E-state index in [4.69, 9.17) is 28.6 Å². The first-order chi connectivity index (χ1) is 10.3. The summed E-state index contributed by atoms with van der Waals surface area (Å²) < 4.78 is 19.3. The van der Waals surface area contributed by atoms with Crippen LogP contribution in [-0.4, -0.2) is 17.1 Å². The first-order valence-corrected chi connectivity index (χ1v) is 8.09. The van der Waals surface area contributed by atoms with Gasteiger partial charge in [-0.3, -0.25) is 4.79 Å². The number of unbranched alkanes of at least 4 members (excludes halogenated alkanes) is 1. The van der Waals surface area contributed by atoms with E-state index in [1.807, 2.05) is 20.8 Å². The molecule has 1 aromatic rings. The molecule has 0 fully saturated rings. The van der Waals surface area contributed by atoms with E-state index in [2.05, 4.69) is 5.32 Å². The maximum Gasteiger partial charge on any atom is 0.224 e. The molecule has 1 N–H and O–H groups in total. The summed E-state index contributed by atoms with van der Waals surface area (Å²) >= 11 is 11.2. The van der Waals surface area contributed by atoms with Crippen LogP contribution in [0, 0.1) is 5.82 Å². The molecule has 0 heterocycles. The number of hydrogen-bond donors (Lipinski definition) is 1. The molecular weight excluding hydrogens is 325 g/mol. The summed E-state index contributed by atoms with van der Waals surface area (Å²) in [6.45, 7) is 5.74. The third kappa shape index (κ3) is 6.28. The fraction of sp³-hybridized carbons (Fsp3) is 0.500. The lowest BCUT2D eigenvalue weighted by molar-refractivity contribution is -0.116. The molecule has 0 aliphatic heterocycles. The zero-order valence-electron chi connectivity index (χ0n) is 13.0. The predicted octanol–water partition coefficient (Wildman–Crippen LogP) is 4.90. The minimum absolute atomic E-state index is 0.0278. The zero-order valence-corrected chi connectivity index (χ0v) is 14.6. The highest BCUT2D eigenvalue weighted by atomic mass is 35.5. The number of halogens is 2. The lowest BCUT2D eigenvalue weighted by atomic mass is 10.1. The van der Waals surface area contributed by atoms with Crippen molar-refractivity contribution in [3.63, 3.8) is 0 Å². The van der Waals surface area contributed by atoms with E-state index in [0.717, 1.165) is 12.8 Å². The van der Waals surface area contributed by atoms with Crippen LogP contribution in [0.4, 0.5) is 10.1 Å². The van der Waals surface area contributed by atoms with Crippen molar-refractivity contribution in [3.8, 4) is 0 Å². The standard InChI is InChI=1S/C16H21ClFNO2S/c1-4-5-6-15(20)19-14-7-11(12(17)9-13(14)18)8-16(22)21-10(2)3/h7,9-10H,4-6,8H2,1-3H3,(H,19,20). The molecule has 1 rings (SSSR count). The van der Waals surface area contributed by atoms with E-state index in [-0.39, 0.29) is 22.7 Å². The van der Waals surface area contributed by atoms with Crippen molar-refractivity contribution < 1.29 is 13.9 Å². The van der Waals surface area contributed by atoms with Crippen LogP contribution >= 0.6 is 23.8 Å². The van der Waals surface area contributed by atoms with E-state index in [1.165, 1.54) is 12.1 Å². The number of hydrogen-bond acceptors (Lipinski definition) is 3. The smallest absolute Gasteiger partial charge is 0.224 e. The van der Waals surface area contributed by atoms with Gasteiger partial charge in [0.05, 0.1) is 11.8 Å². The van der Waals surface area contributed by atoms with Gasteiger partial charge in [0, 0.05) is 17.9 Å². The first kappa shape index (κ1) is 18.8. The molecule has 0 aromatic heterocycles. The van der Waals surface area contributed by atoms with Crippen molar-refractivity contribution >= 4 is 40.5 Å². The molecule has 0 aliphatic rings. The fourth-order valence-corrected chi connectivity index (χ4v) is 2.40. The lowest BCUT2D eigenvalue weighted by Gasteiger charge is -2.13. The molecule has 22 heavy (non-hydrogen) atoms. The molecule has 0 unspecified atom stereocenters. The number of rotatable bonds is 7. The number of benzene rings is 1. The number of ether oxygens (including phenoxy) is 1. The molecular formula is C16H21ClFNO2S. The predicted molar refractivity (Wildman–Crippen MR) is 92.1 cm³/mol. The fourth-order valence-electron chi connectivity index (χ4n) is 1.84. The van der Waals surface area contributed by atoms with Crippen LogP contribution in [-0.2, 0) is 16.0 Å². The molecule has 0 aliphatic carbocycles. The second-order valence-electron chi connectivity index (χ2n) is 5.29. The molecule has 0 radical (unpaired) electrons. The number of nitrogens with one attached hydrogen (secondary N) is 1.